The number of hydrogen-bond acceptors (Lipinski definition) is 1. The molecule has 0 radical (unpaired) electrons. The Morgan fingerprint density at radius 1 is 1.64 bits per heavy atom. The third kappa shape index (κ3) is 2.33. The highest BCUT2D eigenvalue weighted by Gasteiger charge is 2.03. The smallest absolute Gasteiger partial charge is 0.128 e. The number of nitrogens with zero attached hydrogens (tertiary/aromatic N) is 2. The Bertz CT molecular complexity index is 240. The third-order valence-corrected chi connectivity index (χ3v) is 1.95. The van der Waals surface area contributed by atoms with Gasteiger partial charge in [0.1, 0.15) is 4.60 Å². The maximum absolute atomic E-state index is 4.20. The van der Waals surface area contributed by atoms with Crippen LogP contribution in [0.2, 0.25) is 0 Å². The Labute approximate surface area is 75.7 Å². The van der Waals surface area contributed by atoms with E-state index in [2.05, 4.69) is 40.9 Å². The lowest BCUT2D eigenvalue weighted by atomic mass is 10.1. The quantitative estimate of drug-likeness (QED) is 0.743. The Morgan fingerprint density at radius 3 is 2.64 bits per heavy atom. The normalized spacial score (nSPS) is 11.0. The molecule has 0 aromatic carbocycles. The molecule has 0 aliphatic rings. The molecule has 1 aromatic heterocycles. The van der Waals surface area contributed by atoms with Crippen LogP contribution in [0, 0.1) is 5.92 Å². The van der Waals surface area contributed by atoms with E-state index < -0.39 is 0 Å². The second-order valence-corrected chi connectivity index (χ2v) is 3.99. The van der Waals surface area contributed by atoms with Crippen LogP contribution in [0.5, 0.6) is 0 Å². The van der Waals surface area contributed by atoms with E-state index in [-0.39, 0.29) is 0 Å². The van der Waals surface area contributed by atoms with E-state index in [9.17, 15) is 0 Å². The molecule has 3 heteroatoms. The van der Waals surface area contributed by atoms with E-state index in [0.29, 0.717) is 5.92 Å². The summed E-state index contributed by atoms with van der Waals surface area (Å²) >= 11 is 3.34. The van der Waals surface area contributed by atoms with Gasteiger partial charge in [0.15, 0.2) is 0 Å². The Kier molecular flexibility index (Phi) is 2.71. The van der Waals surface area contributed by atoms with Gasteiger partial charge in [-0.2, -0.15) is 5.10 Å². The first kappa shape index (κ1) is 8.78. The number of hydrogen-bond donors (Lipinski definition) is 0. The monoisotopic (exact) mass is 216 g/mol. The van der Waals surface area contributed by atoms with Crippen molar-refractivity contribution in [3.63, 3.8) is 0 Å². The molecule has 2 nitrogen and oxygen atoms in total. The van der Waals surface area contributed by atoms with E-state index in [1.165, 1.54) is 5.69 Å². The van der Waals surface area contributed by atoms with E-state index >= 15 is 0 Å². The van der Waals surface area contributed by atoms with Crippen molar-refractivity contribution in [2.45, 2.75) is 20.3 Å². The molecule has 0 fully saturated rings. The summed E-state index contributed by atoms with van der Waals surface area (Å²) in [5, 5.41) is 4.20. The van der Waals surface area contributed by atoms with Gasteiger partial charge in [-0.25, -0.2) is 0 Å². The van der Waals surface area contributed by atoms with Gasteiger partial charge in [-0.15, -0.1) is 0 Å². The molecule has 0 saturated heterocycles. The van der Waals surface area contributed by atoms with E-state index in [1.807, 2.05) is 11.7 Å². The highest BCUT2D eigenvalue weighted by atomic mass is 79.9. The maximum atomic E-state index is 4.20. The van der Waals surface area contributed by atoms with Gasteiger partial charge in [-0.3, -0.25) is 4.68 Å². The molecule has 0 bridgehead atoms. The molecule has 62 valence electrons. The van der Waals surface area contributed by atoms with Crippen molar-refractivity contribution in [1.29, 1.82) is 0 Å². The van der Waals surface area contributed by atoms with Gasteiger partial charge < -0.3 is 0 Å². The molecule has 0 aliphatic carbocycles. The predicted octanol–water partition coefficient (Wildman–Crippen LogP) is 2.38. The van der Waals surface area contributed by atoms with Crippen LogP contribution in [0.3, 0.4) is 0 Å². The summed E-state index contributed by atoms with van der Waals surface area (Å²) in [4.78, 5) is 0. The van der Waals surface area contributed by atoms with Crippen molar-refractivity contribution in [2.24, 2.45) is 13.0 Å². The molecular formula is C8H13BrN2. The van der Waals surface area contributed by atoms with E-state index in [0.717, 1.165) is 11.0 Å². The molecule has 0 unspecified atom stereocenters. The molecule has 11 heavy (non-hydrogen) atoms. The molecule has 0 spiro atoms. The summed E-state index contributed by atoms with van der Waals surface area (Å²) in [6.45, 7) is 4.42. The van der Waals surface area contributed by atoms with E-state index in [1.54, 1.807) is 0 Å². The Hall–Kier alpha value is -0.310. The fourth-order valence-electron chi connectivity index (χ4n) is 1.08. The summed E-state index contributed by atoms with van der Waals surface area (Å²) in [7, 11) is 1.97. The minimum absolute atomic E-state index is 0.692. The number of halogens is 1. The largest absolute Gasteiger partial charge is 0.272 e. The van der Waals surface area contributed by atoms with E-state index in [4.69, 9.17) is 0 Å². The summed E-state index contributed by atoms with van der Waals surface area (Å²) in [5.74, 6) is 0.692. The molecule has 0 N–H and O–H groups in total. The van der Waals surface area contributed by atoms with Gasteiger partial charge in [-0.05, 0) is 34.3 Å². The van der Waals surface area contributed by atoms with Gasteiger partial charge in [0, 0.05) is 12.7 Å². The first-order valence-corrected chi connectivity index (χ1v) is 4.57. The molecule has 0 amide bonds. The molecule has 0 atom stereocenters. The average Bonchev–Trinajstić information content (AvgIpc) is 2.09. The van der Waals surface area contributed by atoms with Gasteiger partial charge in [0.05, 0.1) is 0 Å². The summed E-state index contributed by atoms with van der Waals surface area (Å²) in [6.07, 6.45) is 1.09. The van der Waals surface area contributed by atoms with Crippen molar-refractivity contribution < 1.29 is 0 Å². The molecule has 1 aromatic rings. The average molecular weight is 217 g/mol. The standard InChI is InChI=1S/C8H13BrN2/c1-6(2)4-7-5-8(9)10-11(7)3/h5-6H,4H2,1-3H3. The SMILES string of the molecule is CC(C)Cc1cc(Br)nn1C. The van der Waals surface area contributed by atoms with Gasteiger partial charge >= 0.3 is 0 Å². The molecule has 0 saturated carbocycles. The summed E-state index contributed by atoms with van der Waals surface area (Å²) < 4.78 is 2.85. The van der Waals surface area contributed by atoms with Crippen LogP contribution in [-0.2, 0) is 13.5 Å². The maximum Gasteiger partial charge on any atom is 0.128 e. The number of aryl methyl sites for hydroxylation is 1. The molecule has 1 heterocycles. The topological polar surface area (TPSA) is 17.8 Å². The van der Waals surface area contributed by atoms with Crippen LogP contribution < -0.4 is 0 Å². The lowest BCUT2D eigenvalue weighted by Crippen LogP contribution is -2.01. The van der Waals surface area contributed by atoms with Crippen LogP contribution in [0.4, 0.5) is 0 Å². The van der Waals surface area contributed by atoms with Gasteiger partial charge in [0.2, 0.25) is 0 Å². The highest BCUT2D eigenvalue weighted by Crippen LogP contribution is 2.12. The Balaban J connectivity index is 2.77. The second kappa shape index (κ2) is 3.39. The van der Waals surface area contributed by atoms with Crippen molar-refractivity contribution >= 4 is 15.9 Å². The zero-order chi connectivity index (χ0) is 8.43. The van der Waals surface area contributed by atoms with Crippen molar-refractivity contribution in [3.05, 3.63) is 16.4 Å². The zero-order valence-corrected chi connectivity index (χ0v) is 8.72. The minimum Gasteiger partial charge on any atom is -0.272 e. The Morgan fingerprint density at radius 2 is 2.27 bits per heavy atom. The lowest BCUT2D eigenvalue weighted by molar-refractivity contribution is 0.595. The molecule has 1 rings (SSSR count). The first-order valence-electron chi connectivity index (χ1n) is 3.78. The predicted molar refractivity (Wildman–Crippen MR) is 49.5 cm³/mol. The fraction of sp³-hybridized carbons (Fsp3) is 0.625. The van der Waals surface area contributed by atoms with Crippen molar-refractivity contribution in [2.75, 3.05) is 0 Å². The molecule has 0 aliphatic heterocycles. The lowest BCUT2D eigenvalue weighted by Gasteiger charge is -2.03. The first-order chi connectivity index (χ1) is 5.09. The highest BCUT2D eigenvalue weighted by molar-refractivity contribution is 9.10. The van der Waals surface area contributed by atoms with Crippen LogP contribution in [-0.4, -0.2) is 9.78 Å². The zero-order valence-electron chi connectivity index (χ0n) is 7.13. The van der Waals surface area contributed by atoms with Crippen LogP contribution >= 0.6 is 15.9 Å². The third-order valence-electron chi connectivity index (χ3n) is 1.56. The number of rotatable bonds is 2. The van der Waals surface area contributed by atoms with Crippen molar-refractivity contribution in [1.82, 2.24) is 9.78 Å². The van der Waals surface area contributed by atoms with Crippen LogP contribution in [0.15, 0.2) is 10.7 Å². The minimum atomic E-state index is 0.692. The fourth-order valence-corrected chi connectivity index (χ4v) is 1.58. The summed E-state index contributed by atoms with van der Waals surface area (Å²) in [6, 6.07) is 2.07. The second-order valence-electron chi connectivity index (χ2n) is 3.18. The summed E-state index contributed by atoms with van der Waals surface area (Å²) in [5.41, 5.74) is 1.28. The van der Waals surface area contributed by atoms with Gasteiger partial charge in [0.25, 0.3) is 0 Å². The van der Waals surface area contributed by atoms with Crippen molar-refractivity contribution in [3.8, 4) is 0 Å². The van der Waals surface area contributed by atoms with Crippen LogP contribution in [0.1, 0.15) is 19.5 Å². The van der Waals surface area contributed by atoms with Gasteiger partial charge in [-0.1, -0.05) is 13.8 Å². The molecular weight excluding hydrogens is 204 g/mol. The number of aromatic nitrogens is 2. The van der Waals surface area contributed by atoms with Crippen LogP contribution in [0.25, 0.3) is 0 Å².